The Labute approximate surface area is 159 Å². The van der Waals surface area contributed by atoms with Gasteiger partial charge in [0.05, 0.1) is 0 Å². The van der Waals surface area contributed by atoms with E-state index < -0.39 is 0 Å². The molecule has 0 radical (unpaired) electrons. The van der Waals surface area contributed by atoms with Gasteiger partial charge in [0.25, 0.3) is 5.91 Å². The van der Waals surface area contributed by atoms with Crippen molar-refractivity contribution in [1.29, 1.82) is 0 Å². The van der Waals surface area contributed by atoms with Crippen LogP contribution in [0.4, 0.5) is 4.79 Å². The number of rotatable bonds is 5. The maximum absolute atomic E-state index is 12.1. The fourth-order valence-electron chi connectivity index (χ4n) is 3.94. The standard InChI is InChI=1S/C19H27ClN4O2/c20-16-5-3-4-15(12-16)13-23-8-10-24(11-9-23)14-18(25)22-19(26)21-17-6-1-2-7-17/h3-5,12,17H,1-2,6-11,13-14H2,(H2,21,22,25,26)/p+2. The van der Waals surface area contributed by atoms with Gasteiger partial charge in [0.2, 0.25) is 0 Å². The predicted molar refractivity (Wildman–Crippen MR) is 100 cm³/mol. The van der Waals surface area contributed by atoms with Crippen molar-refractivity contribution >= 4 is 23.5 Å². The summed E-state index contributed by atoms with van der Waals surface area (Å²) in [6.45, 7) is 5.24. The lowest BCUT2D eigenvalue weighted by atomic mass is 10.2. The molecule has 1 saturated carbocycles. The van der Waals surface area contributed by atoms with Crippen molar-refractivity contribution in [3.05, 3.63) is 34.9 Å². The molecule has 0 atom stereocenters. The molecule has 1 heterocycles. The van der Waals surface area contributed by atoms with Crippen LogP contribution in [0.3, 0.4) is 0 Å². The Morgan fingerprint density at radius 3 is 2.46 bits per heavy atom. The third kappa shape index (κ3) is 5.97. The van der Waals surface area contributed by atoms with E-state index in [1.807, 2.05) is 18.2 Å². The van der Waals surface area contributed by atoms with E-state index in [1.54, 1.807) is 0 Å². The van der Waals surface area contributed by atoms with Gasteiger partial charge in [-0.05, 0) is 25.0 Å². The Morgan fingerprint density at radius 2 is 1.77 bits per heavy atom. The molecule has 6 nitrogen and oxygen atoms in total. The minimum atomic E-state index is -0.341. The van der Waals surface area contributed by atoms with Crippen molar-refractivity contribution in [3.63, 3.8) is 0 Å². The monoisotopic (exact) mass is 380 g/mol. The molecule has 0 unspecified atom stereocenters. The summed E-state index contributed by atoms with van der Waals surface area (Å²) in [5, 5.41) is 6.15. The van der Waals surface area contributed by atoms with E-state index in [0.717, 1.165) is 63.4 Å². The van der Waals surface area contributed by atoms with E-state index in [1.165, 1.54) is 15.4 Å². The summed E-state index contributed by atoms with van der Waals surface area (Å²) >= 11 is 6.05. The van der Waals surface area contributed by atoms with E-state index in [2.05, 4.69) is 16.7 Å². The molecule has 4 N–H and O–H groups in total. The molecule has 1 aliphatic carbocycles. The van der Waals surface area contributed by atoms with Gasteiger partial charge in [-0.3, -0.25) is 10.1 Å². The molecule has 3 rings (SSSR count). The minimum Gasteiger partial charge on any atom is -0.335 e. The first-order valence-corrected chi connectivity index (χ1v) is 9.98. The number of nitrogens with one attached hydrogen (secondary N) is 4. The average molecular weight is 381 g/mol. The van der Waals surface area contributed by atoms with Crippen molar-refractivity contribution < 1.29 is 19.4 Å². The maximum Gasteiger partial charge on any atom is 0.321 e. The van der Waals surface area contributed by atoms with Crippen LogP contribution in [0.1, 0.15) is 31.2 Å². The normalized spacial score (nSPS) is 23.6. The highest BCUT2D eigenvalue weighted by molar-refractivity contribution is 6.30. The van der Waals surface area contributed by atoms with Gasteiger partial charge in [-0.1, -0.05) is 36.6 Å². The number of benzene rings is 1. The van der Waals surface area contributed by atoms with Crippen LogP contribution < -0.4 is 20.4 Å². The molecule has 1 aromatic rings. The summed E-state index contributed by atoms with van der Waals surface area (Å²) in [4.78, 5) is 26.7. The first kappa shape index (κ1) is 19.1. The Morgan fingerprint density at radius 1 is 1.08 bits per heavy atom. The van der Waals surface area contributed by atoms with Crippen molar-refractivity contribution in [2.24, 2.45) is 0 Å². The van der Waals surface area contributed by atoms with Gasteiger partial charge in [-0.25, -0.2) is 4.79 Å². The number of quaternary nitrogens is 2. The zero-order chi connectivity index (χ0) is 18.4. The summed E-state index contributed by atoms with van der Waals surface area (Å²) in [6.07, 6.45) is 4.35. The molecule has 0 aromatic heterocycles. The van der Waals surface area contributed by atoms with Gasteiger partial charge in [-0.2, -0.15) is 0 Å². The lowest BCUT2D eigenvalue weighted by Crippen LogP contribution is -3.28. The molecule has 0 spiro atoms. The fraction of sp³-hybridized carbons (Fsp3) is 0.579. The second kappa shape index (κ2) is 9.35. The van der Waals surface area contributed by atoms with Crippen molar-refractivity contribution in [2.45, 2.75) is 38.3 Å². The van der Waals surface area contributed by atoms with E-state index in [-0.39, 0.29) is 18.0 Å². The highest BCUT2D eigenvalue weighted by atomic mass is 35.5. The molecule has 0 bridgehead atoms. The molecular formula is C19H29ClN4O2+2. The Bertz CT molecular complexity index is 626. The number of urea groups is 1. The number of carbonyl (C=O) groups is 2. The van der Waals surface area contributed by atoms with Gasteiger partial charge in [0.15, 0.2) is 6.54 Å². The van der Waals surface area contributed by atoms with Crippen LogP contribution in [0.25, 0.3) is 0 Å². The molecule has 26 heavy (non-hydrogen) atoms. The highest BCUT2D eigenvalue weighted by Gasteiger charge is 2.26. The quantitative estimate of drug-likeness (QED) is 0.550. The summed E-state index contributed by atoms with van der Waals surface area (Å²) in [5.41, 5.74) is 1.25. The molecule has 1 saturated heterocycles. The minimum absolute atomic E-state index is 0.186. The third-order valence-electron chi connectivity index (χ3n) is 5.36. The highest BCUT2D eigenvalue weighted by Crippen LogP contribution is 2.17. The van der Waals surface area contributed by atoms with Crippen LogP contribution in [0.2, 0.25) is 5.02 Å². The first-order chi connectivity index (χ1) is 12.6. The molecule has 142 valence electrons. The summed E-state index contributed by atoms with van der Waals surface area (Å²) in [5.74, 6) is -0.186. The van der Waals surface area contributed by atoms with E-state index in [0.29, 0.717) is 6.54 Å². The number of halogens is 1. The molecule has 3 amide bonds. The van der Waals surface area contributed by atoms with Crippen molar-refractivity contribution in [3.8, 4) is 0 Å². The molecule has 1 aliphatic heterocycles. The summed E-state index contributed by atoms with van der Waals surface area (Å²) < 4.78 is 0. The topological polar surface area (TPSA) is 67.1 Å². The van der Waals surface area contributed by atoms with Crippen LogP contribution >= 0.6 is 11.6 Å². The van der Waals surface area contributed by atoms with Gasteiger partial charge in [0.1, 0.15) is 32.7 Å². The SMILES string of the molecule is O=C(C[NH+]1CC[NH+](Cc2cccc(Cl)c2)CC1)NC(=O)NC1CCCC1. The molecule has 2 aliphatic rings. The maximum atomic E-state index is 12.1. The zero-order valence-corrected chi connectivity index (χ0v) is 15.9. The van der Waals surface area contributed by atoms with Crippen LogP contribution in [0, 0.1) is 0 Å². The molecular weight excluding hydrogens is 352 g/mol. The van der Waals surface area contributed by atoms with Crippen LogP contribution in [-0.4, -0.2) is 50.7 Å². The van der Waals surface area contributed by atoms with Crippen molar-refractivity contribution in [1.82, 2.24) is 10.6 Å². The Hall–Kier alpha value is -1.63. The number of carbonyl (C=O) groups excluding carboxylic acids is 2. The smallest absolute Gasteiger partial charge is 0.321 e. The summed E-state index contributed by atoms with van der Waals surface area (Å²) in [7, 11) is 0. The third-order valence-corrected chi connectivity index (χ3v) is 5.60. The number of hydrogen-bond donors (Lipinski definition) is 4. The van der Waals surface area contributed by atoms with E-state index in [9.17, 15) is 9.59 Å². The van der Waals surface area contributed by atoms with Gasteiger partial charge in [0, 0.05) is 16.6 Å². The lowest BCUT2D eigenvalue weighted by Gasteiger charge is -2.29. The zero-order valence-electron chi connectivity index (χ0n) is 15.2. The molecule has 7 heteroatoms. The van der Waals surface area contributed by atoms with Crippen LogP contribution in [0.5, 0.6) is 0 Å². The van der Waals surface area contributed by atoms with Gasteiger partial charge in [-0.15, -0.1) is 0 Å². The first-order valence-electron chi connectivity index (χ1n) is 9.60. The average Bonchev–Trinajstić information content (AvgIpc) is 3.09. The lowest BCUT2D eigenvalue weighted by molar-refractivity contribution is -1.02. The van der Waals surface area contributed by atoms with Crippen LogP contribution in [0.15, 0.2) is 24.3 Å². The number of piperazine rings is 1. The fourth-order valence-corrected chi connectivity index (χ4v) is 4.15. The predicted octanol–water partition coefficient (Wildman–Crippen LogP) is -0.608. The van der Waals surface area contributed by atoms with Crippen molar-refractivity contribution in [2.75, 3.05) is 32.7 Å². The number of hydrogen-bond acceptors (Lipinski definition) is 2. The van der Waals surface area contributed by atoms with E-state index in [4.69, 9.17) is 11.6 Å². The number of amides is 3. The Kier molecular flexibility index (Phi) is 6.88. The second-order valence-corrected chi connectivity index (χ2v) is 7.92. The van der Waals surface area contributed by atoms with Gasteiger partial charge < -0.3 is 15.1 Å². The largest absolute Gasteiger partial charge is 0.335 e. The Balaban J connectivity index is 1.35. The van der Waals surface area contributed by atoms with E-state index >= 15 is 0 Å². The molecule has 2 fully saturated rings. The molecule has 1 aromatic carbocycles. The van der Waals surface area contributed by atoms with Crippen LogP contribution in [-0.2, 0) is 11.3 Å². The summed E-state index contributed by atoms with van der Waals surface area (Å²) in [6, 6.07) is 7.89. The number of imide groups is 1. The van der Waals surface area contributed by atoms with Gasteiger partial charge >= 0.3 is 6.03 Å². The second-order valence-electron chi connectivity index (χ2n) is 7.49.